The van der Waals surface area contributed by atoms with Crippen molar-refractivity contribution < 1.29 is 14.3 Å². The van der Waals surface area contributed by atoms with Crippen molar-refractivity contribution in [3.8, 4) is 10.6 Å². The molecule has 0 aliphatic rings. The van der Waals surface area contributed by atoms with E-state index in [0.29, 0.717) is 5.69 Å². The van der Waals surface area contributed by atoms with Gasteiger partial charge in [0.15, 0.2) is 6.61 Å². The number of nitrogens with one attached hydrogen (secondary N) is 1. The maximum Gasteiger partial charge on any atom is 0.378 e. The molecule has 0 unspecified atom stereocenters. The van der Waals surface area contributed by atoms with Crippen LogP contribution < -0.4 is 5.32 Å². The van der Waals surface area contributed by atoms with Gasteiger partial charge in [0.1, 0.15) is 5.01 Å². The molecular formula is C23H18N6O3S. The number of ether oxygens (including phenoxy) is 1. The van der Waals surface area contributed by atoms with Gasteiger partial charge in [0.2, 0.25) is 0 Å². The maximum absolute atomic E-state index is 12.2. The first kappa shape index (κ1) is 20.7. The topological polar surface area (TPSA) is 111 Å². The molecule has 5 aromatic rings. The summed E-state index contributed by atoms with van der Waals surface area (Å²) >= 11 is 1.62. The van der Waals surface area contributed by atoms with Crippen LogP contribution >= 0.6 is 11.3 Å². The van der Waals surface area contributed by atoms with E-state index in [9.17, 15) is 9.59 Å². The Labute approximate surface area is 192 Å². The number of benzene rings is 2. The van der Waals surface area contributed by atoms with E-state index in [-0.39, 0.29) is 11.6 Å². The largest absolute Gasteiger partial charge is 0.450 e. The summed E-state index contributed by atoms with van der Waals surface area (Å²) < 4.78 is 7.61. The number of nitrogens with zero attached hydrogens (tertiary/aromatic N) is 5. The molecule has 164 valence electrons. The second kappa shape index (κ2) is 8.40. The highest BCUT2D eigenvalue weighted by molar-refractivity contribution is 7.21. The molecular weight excluding hydrogens is 440 g/mol. The van der Waals surface area contributed by atoms with Crippen molar-refractivity contribution in [2.75, 3.05) is 11.9 Å². The average Bonchev–Trinajstić information content (AvgIpc) is 3.43. The number of amides is 1. The predicted octanol–water partition coefficient (Wildman–Crippen LogP) is 3.81. The first-order valence-corrected chi connectivity index (χ1v) is 10.9. The van der Waals surface area contributed by atoms with Crippen molar-refractivity contribution in [1.29, 1.82) is 0 Å². The van der Waals surface area contributed by atoms with Crippen molar-refractivity contribution in [2.45, 2.75) is 13.8 Å². The monoisotopic (exact) mass is 458 g/mol. The predicted molar refractivity (Wildman–Crippen MR) is 124 cm³/mol. The number of carbonyl (C=O) groups excluding carboxylic acids is 2. The summed E-state index contributed by atoms with van der Waals surface area (Å²) in [5, 5.41) is 7.68. The highest BCUT2D eigenvalue weighted by Crippen LogP contribution is 2.31. The zero-order valence-electron chi connectivity index (χ0n) is 17.8. The Morgan fingerprint density at radius 1 is 1.06 bits per heavy atom. The second-order valence-electron chi connectivity index (χ2n) is 7.43. The third-order valence-corrected chi connectivity index (χ3v) is 5.97. The smallest absolute Gasteiger partial charge is 0.378 e. The van der Waals surface area contributed by atoms with Crippen molar-refractivity contribution in [3.05, 3.63) is 71.8 Å². The Hall–Kier alpha value is -4.18. The van der Waals surface area contributed by atoms with Gasteiger partial charge >= 0.3 is 5.97 Å². The Morgan fingerprint density at radius 3 is 2.67 bits per heavy atom. The Balaban J connectivity index is 1.20. The summed E-state index contributed by atoms with van der Waals surface area (Å²) in [7, 11) is 0. The SMILES string of the molecule is Cc1ccc2nc(-c3ccc(NC(=O)COC(=O)c4nc5nccc(C)n5n4)cc3)sc2c1. The van der Waals surface area contributed by atoms with Gasteiger partial charge in [-0.15, -0.1) is 16.4 Å². The lowest BCUT2D eigenvalue weighted by atomic mass is 10.2. The second-order valence-corrected chi connectivity index (χ2v) is 8.46. The van der Waals surface area contributed by atoms with Crippen LogP contribution in [0.5, 0.6) is 0 Å². The summed E-state index contributed by atoms with van der Waals surface area (Å²) in [6.45, 7) is 3.41. The van der Waals surface area contributed by atoms with E-state index in [0.717, 1.165) is 26.5 Å². The van der Waals surface area contributed by atoms with E-state index < -0.39 is 18.5 Å². The van der Waals surface area contributed by atoms with E-state index in [1.165, 1.54) is 10.1 Å². The van der Waals surface area contributed by atoms with Gasteiger partial charge in [-0.3, -0.25) is 4.79 Å². The quantitative estimate of drug-likeness (QED) is 0.399. The van der Waals surface area contributed by atoms with Crippen LogP contribution in [-0.4, -0.2) is 43.0 Å². The number of thiazole rings is 1. The van der Waals surface area contributed by atoms with Gasteiger partial charge in [-0.1, -0.05) is 6.07 Å². The molecule has 9 nitrogen and oxygen atoms in total. The molecule has 0 spiro atoms. The van der Waals surface area contributed by atoms with Crippen molar-refractivity contribution in [1.82, 2.24) is 24.6 Å². The highest BCUT2D eigenvalue weighted by Gasteiger charge is 2.17. The van der Waals surface area contributed by atoms with Crippen LogP contribution in [0.4, 0.5) is 5.69 Å². The Morgan fingerprint density at radius 2 is 1.88 bits per heavy atom. The Bertz CT molecular complexity index is 1510. The van der Waals surface area contributed by atoms with Gasteiger partial charge in [-0.2, -0.15) is 4.98 Å². The molecule has 0 saturated heterocycles. The van der Waals surface area contributed by atoms with Gasteiger partial charge in [0, 0.05) is 23.1 Å². The van der Waals surface area contributed by atoms with Crippen LogP contribution in [-0.2, 0) is 9.53 Å². The zero-order valence-corrected chi connectivity index (χ0v) is 18.6. The number of aryl methyl sites for hydroxylation is 2. The van der Waals surface area contributed by atoms with Crippen LogP contribution in [0, 0.1) is 13.8 Å². The molecule has 3 aromatic heterocycles. The Kier molecular flexibility index (Phi) is 5.27. The van der Waals surface area contributed by atoms with E-state index in [1.54, 1.807) is 35.7 Å². The molecule has 2 aromatic carbocycles. The normalized spacial score (nSPS) is 11.1. The van der Waals surface area contributed by atoms with E-state index in [2.05, 4.69) is 38.4 Å². The first-order chi connectivity index (χ1) is 16.0. The van der Waals surface area contributed by atoms with E-state index in [1.807, 2.05) is 31.2 Å². The fourth-order valence-corrected chi connectivity index (χ4v) is 4.31. The number of hydrogen-bond acceptors (Lipinski definition) is 8. The van der Waals surface area contributed by atoms with Gasteiger partial charge in [-0.05, 0) is 61.9 Å². The summed E-state index contributed by atoms with van der Waals surface area (Å²) in [5.41, 5.74) is 4.47. The van der Waals surface area contributed by atoms with Crippen LogP contribution in [0.15, 0.2) is 54.7 Å². The molecule has 1 N–H and O–H groups in total. The van der Waals surface area contributed by atoms with Crippen LogP contribution in [0.3, 0.4) is 0 Å². The summed E-state index contributed by atoms with van der Waals surface area (Å²) in [5.74, 6) is -1.13. The molecule has 3 heterocycles. The van der Waals surface area contributed by atoms with Crippen molar-refractivity contribution in [3.63, 3.8) is 0 Å². The molecule has 0 aliphatic heterocycles. The third kappa shape index (κ3) is 4.28. The molecule has 0 atom stereocenters. The summed E-state index contributed by atoms with van der Waals surface area (Å²) in [6, 6.07) is 15.3. The minimum atomic E-state index is -0.795. The summed E-state index contributed by atoms with van der Waals surface area (Å²) in [4.78, 5) is 37.2. The van der Waals surface area contributed by atoms with Gasteiger partial charge < -0.3 is 10.1 Å². The average molecular weight is 459 g/mol. The molecule has 0 saturated carbocycles. The fourth-order valence-electron chi connectivity index (χ4n) is 3.24. The van der Waals surface area contributed by atoms with E-state index >= 15 is 0 Å². The molecule has 0 bridgehead atoms. The zero-order chi connectivity index (χ0) is 22.9. The van der Waals surface area contributed by atoms with Gasteiger partial charge in [-0.25, -0.2) is 19.3 Å². The molecule has 1 amide bonds. The summed E-state index contributed by atoms with van der Waals surface area (Å²) in [6.07, 6.45) is 1.57. The third-order valence-electron chi connectivity index (χ3n) is 4.91. The van der Waals surface area contributed by atoms with Crippen LogP contribution in [0.25, 0.3) is 26.6 Å². The number of anilines is 1. The lowest BCUT2D eigenvalue weighted by molar-refractivity contribution is -0.119. The molecule has 33 heavy (non-hydrogen) atoms. The molecule has 0 radical (unpaired) electrons. The number of esters is 1. The van der Waals surface area contributed by atoms with Crippen molar-refractivity contribution in [2.24, 2.45) is 0 Å². The minimum absolute atomic E-state index is 0.153. The lowest BCUT2D eigenvalue weighted by Gasteiger charge is -2.06. The number of carbonyl (C=O) groups is 2. The fraction of sp³-hybridized carbons (Fsp3) is 0.130. The lowest BCUT2D eigenvalue weighted by Crippen LogP contribution is -2.21. The minimum Gasteiger partial charge on any atom is -0.450 e. The van der Waals surface area contributed by atoms with Gasteiger partial charge in [0.05, 0.1) is 10.2 Å². The number of aromatic nitrogens is 5. The van der Waals surface area contributed by atoms with Gasteiger partial charge in [0.25, 0.3) is 17.5 Å². The van der Waals surface area contributed by atoms with Crippen LogP contribution in [0.2, 0.25) is 0 Å². The van der Waals surface area contributed by atoms with E-state index in [4.69, 9.17) is 4.74 Å². The highest BCUT2D eigenvalue weighted by atomic mass is 32.1. The molecule has 10 heteroatoms. The molecule has 0 fully saturated rings. The van der Waals surface area contributed by atoms with Crippen LogP contribution in [0.1, 0.15) is 21.9 Å². The number of rotatable bonds is 5. The standard InChI is InChI=1S/C23H18N6O3S/c1-13-3-8-17-18(11-13)33-21(26-17)15-4-6-16(7-5-15)25-19(30)12-32-22(31)20-27-23-24-10-9-14(2)29(23)28-20/h3-11H,12H2,1-2H3,(H,25,30). The maximum atomic E-state index is 12.2. The molecule has 0 aliphatic carbocycles. The number of fused-ring (bicyclic) bond motifs is 2. The van der Waals surface area contributed by atoms with Crippen molar-refractivity contribution >= 4 is 44.9 Å². The number of hydrogen-bond donors (Lipinski definition) is 1. The molecule has 5 rings (SSSR count). The first-order valence-electron chi connectivity index (χ1n) is 10.1.